The van der Waals surface area contributed by atoms with Crippen molar-refractivity contribution in [1.82, 2.24) is 0 Å². The van der Waals surface area contributed by atoms with E-state index in [0.29, 0.717) is 6.61 Å². The molecule has 0 aliphatic carbocycles. The first-order valence-corrected chi connectivity index (χ1v) is 5.64. The summed E-state index contributed by atoms with van der Waals surface area (Å²) in [6, 6.07) is 5.92. The fraction of sp³-hybridized carbons (Fsp3) is 0.357. The molecule has 3 nitrogen and oxygen atoms in total. The second-order valence-corrected chi connectivity index (χ2v) is 3.66. The van der Waals surface area contributed by atoms with E-state index >= 15 is 0 Å². The Morgan fingerprint density at radius 1 is 1.41 bits per heavy atom. The highest BCUT2D eigenvalue weighted by molar-refractivity contribution is 5.73. The average Bonchev–Trinajstić information content (AvgIpc) is 2.30. The van der Waals surface area contributed by atoms with E-state index in [1.807, 2.05) is 31.2 Å². The van der Waals surface area contributed by atoms with Gasteiger partial charge in [0.25, 0.3) is 0 Å². The summed E-state index contributed by atoms with van der Waals surface area (Å²) in [6.07, 6.45) is 3.95. The minimum Gasteiger partial charge on any atom is -0.496 e. The molecule has 92 valence electrons. The Hall–Kier alpha value is -1.77. The van der Waals surface area contributed by atoms with E-state index in [1.165, 1.54) is 0 Å². The Balaban J connectivity index is 2.70. The van der Waals surface area contributed by atoms with Gasteiger partial charge < -0.3 is 9.47 Å². The summed E-state index contributed by atoms with van der Waals surface area (Å²) < 4.78 is 10.1. The second-order valence-electron chi connectivity index (χ2n) is 3.66. The molecule has 0 fully saturated rings. The van der Waals surface area contributed by atoms with Crippen LogP contribution >= 0.6 is 0 Å². The third-order valence-corrected chi connectivity index (χ3v) is 2.27. The van der Waals surface area contributed by atoms with E-state index in [0.717, 1.165) is 16.9 Å². The smallest absolute Gasteiger partial charge is 0.309 e. The van der Waals surface area contributed by atoms with E-state index in [9.17, 15) is 4.79 Å². The van der Waals surface area contributed by atoms with Crippen LogP contribution in [0.3, 0.4) is 0 Å². The Labute approximate surface area is 102 Å². The van der Waals surface area contributed by atoms with E-state index in [-0.39, 0.29) is 12.4 Å². The molecule has 0 aliphatic heterocycles. The highest BCUT2D eigenvalue weighted by Crippen LogP contribution is 2.21. The molecule has 0 radical (unpaired) electrons. The van der Waals surface area contributed by atoms with E-state index < -0.39 is 0 Å². The molecule has 0 saturated carbocycles. The number of hydrogen-bond donors (Lipinski definition) is 0. The molecular weight excluding hydrogens is 216 g/mol. The Kier molecular flexibility index (Phi) is 5.27. The first-order chi connectivity index (χ1) is 8.17. The highest BCUT2D eigenvalue weighted by atomic mass is 16.5. The van der Waals surface area contributed by atoms with Crippen LogP contribution < -0.4 is 4.74 Å². The van der Waals surface area contributed by atoms with Gasteiger partial charge in [0.15, 0.2) is 0 Å². The van der Waals surface area contributed by atoms with Crippen molar-refractivity contribution in [2.75, 3.05) is 13.7 Å². The normalized spacial score (nSPS) is 10.5. The summed E-state index contributed by atoms with van der Waals surface area (Å²) in [7, 11) is 1.63. The molecule has 0 aromatic heterocycles. The Morgan fingerprint density at radius 3 is 2.82 bits per heavy atom. The maximum atomic E-state index is 11.1. The van der Waals surface area contributed by atoms with Crippen molar-refractivity contribution < 1.29 is 14.3 Å². The first kappa shape index (κ1) is 13.3. The van der Waals surface area contributed by atoms with Crippen LogP contribution in [0, 0.1) is 6.92 Å². The first-order valence-electron chi connectivity index (χ1n) is 5.64. The van der Waals surface area contributed by atoms with E-state index in [2.05, 4.69) is 0 Å². The van der Waals surface area contributed by atoms with Gasteiger partial charge in [-0.15, -0.1) is 0 Å². The summed E-state index contributed by atoms with van der Waals surface area (Å²) in [4.78, 5) is 11.1. The van der Waals surface area contributed by atoms with Crippen LogP contribution in [0.5, 0.6) is 5.75 Å². The number of rotatable bonds is 5. The van der Waals surface area contributed by atoms with Crippen molar-refractivity contribution in [3.8, 4) is 5.75 Å². The van der Waals surface area contributed by atoms with Crippen molar-refractivity contribution in [2.24, 2.45) is 0 Å². The Bertz CT molecular complexity index is 408. The summed E-state index contributed by atoms with van der Waals surface area (Å²) in [5, 5.41) is 0. The monoisotopic (exact) mass is 234 g/mol. The van der Waals surface area contributed by atoms with Crippen LogP contribution in [0.1, 0.15) is 24.5 Å². The molecule has 0 heterocycles. The second kappa shape index (κ2) is 6.74. The number of hydrogen-bond acceptors (Lipinski definition) is 3. The third kappa shape index (κ3) is 4.31. The van der Waals surface area contributed by atoms with Gasteiger partial charge in [0.05, 0.1) is 20.1 Å². The molecule has 0 aliphatic rings. The molecule has 1 aromatic carbocycles. The summed E-state index contributed by atoms with van der Waals surface area (Å²) in [5.74, 6) is 0.589. The third-order valence-electron chi connectivity index (χ3n) is 2.27. The van der Waals surface area contributed by atoms with Crippen LogP contribution in [0.15, 0.2) is 24.3 Å². The van der Waals surface area contributed by atoms with Crippen LogP contribution in [0.4, 0.5) is 0 Å². The van der Waals surface area contributed by atoms with Gasteiger partial charge in [-0.05, 0) is 26.0 Å². The van der Waals surface area contributed by atoms with Crippen LogP contribution in [0.25, 0.3) is 6.08 Å². The van der Waals surface area contributed by atoms with Gasteiger partial charge in [-0.3, -0.25) is 4.79 Å². The van der Waals surface area contributed by atoms with Gasteiger partial charge in [-0.2, -0.15) is 0 Å². The fourth-order valence-electron chi connectivity index (χ4n) is 1.49. The molecule has 17 heavy (non-hydrogen) atoms. The number of methoxy groups -OCH3 is 1. The van der Waals surface area contributed by atoms with Gasteiger partial charge in [0.1, 0.15) is 5.75 Å². The molecule has 0 bridgehead atoms. The van der Waals surface area contributed by atoms with Crippen LogP contribution in [-0.2, 0) is 9.53 Å². The maximum Gasteiger partial charge on any atom is 0.309 e. The molecule has 1 aromatic rings. The predicted octanol–water partition coefficient (Wildman–Crippen LogP) is 2.97. The van der Waals surface area contributed by atoms with E-state index in [4.69, 9.17) is 9.47 Å². The highest BCUT2D eigenvalue weighted by Gasteiger charge is 2.00. The summed E-state index contributed by atoms with van der Waals surface area (Å²) >= 11 is 0. The lowest BCUT2D eigenvalue weighted by Crippen LogP contribution is -2.01. The molecular formula is C14H18O3. The zero-order valence-electron chi connectivity index (χ0n) is 10.5. The maximum absolute atomic E-state index is 11.1. The van der Waals surface area contributed by atoms with Gasteiger partial charge >= 0.3 is 5.97 Å². The molecule has 0 spiro atoms. The van der Waals surface area contributed by atoms with Gasteiger partial charge in [-0.25, -0.2) is 0 Å². The summed E-state index contributed by atoms with van der Waals surface area (Å²) in [5.41, 5.74) is 2.12. The van der Waals surface area contributed by atoms with Crippen LogP contribution in [0.2, 0.25) is 0 Å². The lowest BCUT2D eigenvalue weighted by atomic mass is 10.1. The van der Waals surface area contributed by atoms with Crippen molar-refractivity contribution in [3.63, 3.8) is 0 Å². The molecule has 1 rings (SSSR count). The molecule has 3 heteroatoms. The van der Waals surface area contributed by atoms with Crippen LogP contribution in [-0.4, -0.2) is 19.7 Å². The minimum absolute atomic E-state index is 0.213. The zero-order chi connectivity index (χ0) is 12.7. The zero-order valence-corrected chi connectivity index (χ0v) is 10.5. The number of aryl methyl sites for hydroxylation is 1. The number of carbonyl (C=O) groups excluding carboxylic acids is 1. The molecule has 0 saturated heterocycles. The van der Waals surface area contributed by atoms with Gasteiger partial charge in [0, 0.05) is 5.56 Å². The quantitative estimate of drug-likeness (QED) is 0.735. The lowest BCUT2D eigenvalue weighted by molar-refractivity contribution is -0.142. The molecule has 0 amide bonds. The van der Waals surface area contributed by atoms with Crippen molar-refractivity contribution >= 4 is 12.0 Å². The predicted molar refractivity (Wildman–Crippen MR) is 68.0 cm³/mol. The van der Waals surface area contributed by atoms with Crippen molar-refractivity contribution in [1.29, 1.82) is 0 Å². The topological polar surface area (TPSA) is 35.5 Å². The fourth-order valence-corrected chi connectivity index (χ4v) is 1.49. The standard InChI is InChI=1S/C14H18O3/c1-4-17-14(15)7-5-6-12-10-11(2)8-9-13(12)16-3/h5-6,8-10H,4,7H2,1-3H3. The van der Waals surface area contributed by atoms with Crippen molar-refractivity contribution in [2.45, 2.75) is 20.3 Å². The lowest BCUT2D eigenvalue weighted by Gasteiger charge is -2.05. The SMILES string of the molecule is CCOC(=O)CC=Cc1cc(C)ccc1OC. The number of benzene rings is 1. The molecule has 0 atom stereocenters. The largest absolute Gasteiger partial charge is 0.496 e. The average molecular weight is 234 g/mol. The number of ether oxygens (including phenoxy) is 2. The Morgan fingerprint density at radius 2 is 2.18 bits per heavy atom. The number of carbonyl (C=O) groups is 1. The van der Waals surface area contributed by atoms with Gasteiger partial charge in [0.2, 0.25) is 0 Å². The molecule has 0 N–H and O–H groups in total. The number of esters is 1. The van der Waals surface area contributed by atoms with Gasteiger partial charge in [-0.1, -0.05) is 23.8 Å². The van der Waals surface area contributed by atoms with Crippen molar-refractivity contribution in [3.05, 3.63) is 35.4 Å². The minimum atomic E-state index is -0.213. The summed E-state index contributed by atoms with van der Waals surface area (Å²) in [6.45, 7) is 4.23. The van der Waals surface area contributed by atoms with E-state index in [1.54, 1.807) is 20.1 Å². The molecule has 0 unspecified atom stereocenters.